The smallest absolute Gasteiger partial charge is 0.317 e. The van der Waals surface area contributed by atoms with Crippen LogP contribution in [0.15, 0.2) is 34.1 Å². The number of hydrogen-bond donors (Lipinski definition) is 0. The van der Waals surface area contributed by atoms with Gasteiger partial charge in [-0.15, -0.1) is 0 Å². The van der Waals surface area contributed by atoms with Crippen LogP contribution in [0, 0.1) is 12.3 Å². The minimum atomic E-state index is -0.594. The Hall–Kier alpha value is -1.46. The van der Waals surface area contributed by atoms with Gasteiger partial charge in [0.15, 0.2) is 0 Å². The highest BCUT2D eigenvalue weighted by Gasteiger charge is 2.31. The molecule has 6 heteroatoms. The molecule has 2 aromatic rings. The van der Waals surface area contributed by atoms with Gasteiger partial charge in [-0.3, -0.25) is 4.79 Å². The molecule has 0 saturated heterocycles. The zero-order valence-corrected chi connectivity index (χ0v) is 17.4. The van der Waals surface area contributed by atoms with E-state index in [1.807, 2.05) is 72.7 Å². The number of halogens is 1. The summed E-state index contributed by atoms with van der Waals surface area (Å²) >= 11 is 7.49. The van der Waals surface area contributed by atoms with Gasteiger partial charge < -0.3 is 4.74 Å². The minimum absolute atomic E-state index is 0.282. The average Bonchev–Trinajstić information content (AvgIpc) is 2.77. The highest BCUT2D eigenvalue weighted by Crippen LogP contribution is 2.40. The van der Waals surface area contributed by atoms with Crippen molar-refractivity contribution in [1.82, 2.24) is 9.78 Å². The van der Waals surface area contributed by atoms with E-state index >= 15 is 0 Å². The molecule has 0 aliphatic rings. The zero-order chi connectivity index (χ0) is 19.0. The first kappa shape index (κ1) is 19.9. The molecular weight excluding hydrogens is 356 g/mol. The number of carbonyl (C=O) groups is 1. The lowest BCUT2D eigenvalue weighted by Gasteiger charge is -2.24. The van der Waals surface area contributed by atoms with Crippen molar-refractivity contribution < 1.29 is 9.53 Å². The van der Waals surface area contributed by atoms with E-state index in [0.29, 0.717) is 10.9 Å². The molecule has 0 radical (unpaired) electrons. The van der Waals surface area contributed by atoms with Crippen molar-refractivity contribution in [1.29, 1.82) is 0 Å². The Morgan fingerprint density at radius 2 is 1.68 bits per heavy atom. The third kappa shape index (κ3) is 4.79. The van der Waals surface area contributed by atoms with Gasteiger partial charge in [0, 0.05) is 9.92 Å². The molecule has 0 aliphatic carbocycles. The maximum absolute atomic E-state index is 12.5. The van der Waals surface area contributed by atoms with Gasteiger partial charge in [-0.25, -0.2) is 4.68 Å². The first-order valence-electron chi connectivity index (χ1n) is 8.15. The molecule has 0 amide bonds. The topological polar surface area (TPSA) is 44.1 Å². The molecule has 1 aromatic carbocycles. The van der Waals surface area contributed by atoms with Gasteiger partial charge in [0.25, 0.3) is 0 Å². The molecule has 2 rings (SSSR count). The summed E-state index contributed by atoms with van der Waals surface area (Å²) in [5.74, 6) is 0.209. The van der Waals surface area contributed by atoms with Crippen LogP contribution < -0.4 is 4.74 Å². The van der Waals surface area contributed by atoms with E-state index in [4.69, 9.17) is 16.3 Å². The average molecular weight is 381 g/mol. The lowest BCUT2D eigenvalue weighted by atomic mass is 9.97. The molecule has 0 aliphatic heterocycles. The van der Waals surface area contributed by atoms with Gasteiger partial charge in [0.05, 0.1) is 21.5 Å². The summed E-state index contributed by atoms with van der Waals surface area (Å²) in [4.78, 5) is 14.3. The van der Waals surface area contributed by atoms with Crippen LogP contribution in [0.5, 0.6) is 5.88 Å². The van der Waals surface area contributed by atoms with Crippen LogP contribution in [0.3, 0.4) is 0 Å². The summed E-state index contributed by atoms with van der Waals surface area (Å²) in [6.45, 7) is 13.5. The highest BCUT2D eigenvalue weighted by molar-refractivity contribution is 7.99. The van der Waals surface area contributed by atoms with E-state index in [2.05, 4.69) is 5.10 Å². The van der Waals surface area contributed by atoms with Crippen LogP contribution in [0.25, 0.3) is 0 Å². The Bertz CT molecular complexity index is 768. The van der Waals surface area contributed by atoms with Crippen molar-refractivity contribution >= 4 is 29.3 Å². The zero-order valence-electron chi connectivity index (χ0n) is 15.8. The maximum Gasteiger partial charge on any atom is 0.317 e. The van der Waals surface area contributed by atoms with E-state index in [1.54, 1.807) is 4.68 Å². The molecule has 0 spiro atoms. The highest BCUT2D eigenvalue weighted by atomic mass is 35.5. The molecule has 1 aromatic heterocycles. The normalized spacial score (nSPS) is 12.3. The van der Waals surface area contributed by atoms with Crippen molar-refractivity contribution in [2.45, 2.75) is 63.8 Å². The molecule has 0 saturated carbocycles. The number of aryl methyl sites for hydroxylation is 1. The molecule has 0 unspecified atom stereocenters. The van der Waals surface area contributed by atoms with Crippen LogP contribution in [0.1, 0.15) is 47.2 Å². The van der Waals surface area contributed by atoms with Gasteiger partial charge in [0.2, 0.25) is 5.88 Å². The van der Waals surface area contributed by atoms with E-state index in [1.165, 1.54) is 11.8 Å². The van der Waals surface area contributed by atoms with Crippen molar-refractivity contribution in [3.63, 3.8) is 0 Å². The second-order valence-corrected chi connectivity index (χ2v) is 9.52. The first-order chi connectivity index (χ1) is 11.4. The monoisotopic (exact) mass is 380 g/mol. The van der Waals surface area contributed by atoms with Crippen LogP contribution in [0.2, 0.25) is 5.02 Å². The van der Waals surface area contributed by atoms with Crippen molar-refractivity contribution in [2.24, 2.45) is 5.41 Å². The number of aromatic nitrogens is 2. The number of nitrogens with zero attached hydrogens (tertiary/aromatic N) is 2. The SMILES string of the molecule is Cc1nn(C(C)(C)C)c(OC(=O)C(C)(C)C)c1Sc1ccc(Cl)cc1. The van der Waals surface area contributed by atoms with E-state index in [9.17, 15) is 4.79 Å². The van der Waals surface area contributed by atoms with Crippen molar-refractivity contribution in [3.05, 3.63) is 35.0 Å². The van der Waals surface area contributed by atoms with Crippen molar-refractivity contribution in [3.8, 4) is 5.88 Å². The van der Waals surface area contributed by atoms with Crippen LogP contribution in [0.4, 0.5) is 0 Å². The third-order valence-electron chi connectivity index (χ3n) is 3.44. The van der Waals surface area contributed by atoms with Gasteiger partial charge in [-0.2, -0.15) is 5.10 Å². The summed E-state index contributed by atoms with van der Waals surface area (Å²) < 4.78 is 7.58. The fourth-order valence-corrected chi connectivity index (χ4v) is 3.05. The van der Waals surface area contributed by atoms with Crippen molar-refractivity contribution in [2.75, 3.05) is 0 Å². The van der Waals surface area contributed by atoms with Gasteiger partial charge in [-0.1, -0.05) is 23.4 Å². The Balaban J connectivity index is 2.49. The number of hydrogen-bond acceptors (Lipinski definition) is 4. The summed E-state index contributed by atoms with van der Waals surface area (Å²) in [6.07, 6.45) is 0. The summed E-state index contributed by atoms with van der Waals surface area (Å²) in [5.41, 5.74) is -0.0771. The largest absolute Gasteiger partial charge is 0.406 e. The van der Waals surface area contributed by atoms with Gasteiger partial charge in [-0.05, 0) is 72.7 Å². The molecule has 25 heavy (non-hydrogen) atoms. The second-order valence-electron chi connectivity index (χ2n) is 8.00. The quantitative estimate of drug-likeness (QED) is 0.640. The molecule has 0 fully saturated rings. The fourth-order valence-electron chi connectivity index (χ4n) is 2.01. The van der Waals surface area contributed by atoms with E-state index < -0.39 is 5.41 Å². The predicted molar refractivity (Wildman–Crippen MR) is 103 cm³/mol. The molecule has 136 valence electrons. The lowest BCUT2D eigenvalue weighted by molar-refractivity contribution is -0.143. The molecular formula is C19H25ClN2O2S. The first-order valence-corrected chi connectivity index (χ1v) is 9.35. The van der Waals surface area contributed by atoms with Crippen LogP contribution in [-0.4, -0.2) is 15.7 Å². The lowest BCUT2D eigenvalue weighted by Crippen LogP contribution is -2.30. The Morgan fingerprint density at radius 1 is 1.12 bits per heavy atom. The standard InChI is InChI=1S/C19H25ClN2O2S/c1-12-15(25-14-10-8-13(20)9-11-14)16(22(21-12)19(5,6)7)24-17(23)18(2,3)4/h8-11H,1-7H3. The fraction of sp³-hybridized carbons (Fsp3) is 0.474. The maximum atomic E-state index is 12.5. The molecule has 0 bridgehead atoms. The summed E-state index contributed by atoms with van der Waals surface area (Å²) in [7, 11) is 0. The summed E-state index contributed by atoms with van der Waals surface area (Å²) in [6, 6.07) is 7.56. The number of ether oxygens (including phenoxy) is 1. The number of rotatable bonds is 3. The minimum Gasteiger partial charge on any atom is -0.406 e. The van der Waals surface area contributed by atoms with Crippen LogP contribution >= 0.6 is 23.4 Å². The second kappa shape index (κ2) is 7.04. The Labute approximate surface area is 158 Å². The van der Waals surface area contributed by atoms with Crippen LogP contribution in [-0.2, 0) is 10.3 Å². The number of carbonyl (C=O) groups excluding carboxylic acids is 1. The number of esters is 1. The van der Waals surface area contributed by atoms with Gasteiger partial charge >= 0.3 is 5.97 Å². The third-order valence-corrected chi connectivity index (χ3v) is 4.87. The van der Waals surface area contributed by atoms with E-state index in [0.717, 1.165) is 15.5 Å². The summed E-state index contributed by atoms with van der Waals surface area (Å²) in [5, 5.41) is 5.31. The predicted octanol–water partition coefficient (Wildman–Crippen LogP) is 5.70. The Kier molecular flexibility index (Phi) is 5.59. The molecule has 0 N–H and O–H groups in total. The number of benzene rings is 1. The Morgan fingerprint density at radius 3 is 2.16 bits per heavy atom. The van der Waals surface area contributed by atoms with Gasteiger partial charge in [0.1, 0.15) is 0 Å². The molecule has 4 nitrogen and oxygen atoms in total. The van der Waals surface area contributed by atoms with E-state index in [-0.39, 0.29) is 11.5 Å². The molecule has 0 atom stereocenters. The molecule has 1 heterocycles.